The number of hydrogen-bond donors (Lipinski definition) is 3. The predicted octanol–water partition coefficient (Wildman–Crippen LogP) is 2.67. The molecule has 0 unspecified atom stereocenters. The third-order valence-electron chi connectivity index (χ3n) is 6.14. The van der Waals surface area contributed by atoms with Crippen LogP contribution in [0.1, 0.15) is 6.42 Å². The number of nitrogens with one attached hydrogen (secondary N) is 3. The van der Waals surface area contributed by atoms with Crippen LogP contribution < -0.4 is 10.6 Å². The number of likely N-dealkylation sites (tertiary alicyclic amines) is 1. The molecule has 8 heteroatoms. The summed E-state index contributed by atoms with van der Waals surface area (Å²) in [5.41, 5.74) is 2.85. The average molecular weight is 426 g/mol. The molecular weight excluding hydrogens is 398 g/mol. The SMILES string of the molecule is Clc1cnc(N[C@@H]2CCN(CCN3CCNCC3)C2)nc1-c1c[nH]c2ccccc12. The lowest BCUT2D eigenvalue weighted by Gasteiger charge is -2.29. The molecule has 2 aromatic heterocycles. The fraction of sp³-hybridized carbons (Fsp3) is 0.455. The molecule has 158 valence electrons. The second-order valence-electron chi connectivity index (χ2n) is 8.16. The first kappa shape index (κ1) is 19.8. The number of aromatic amines is 1. The van der Waals surface area contributed by atoms with E-state index in [2.05, 4.69) is 42.5 Å². The Bertz CT molecular complexity index is 998. The van der Waals surface area contributed by atoms with Crippen molar-refractivity contribution in [3.05, 3.63) is 41.7 Å². The van der Waals surface area contributed by atoms with Gasteiger partial charge in [-0.2, -0.15) is 0 Å². The van der Waals surface area contributed by atoms with Crippen LogP contribution in [0.3, 0.4) is 0 Å². The highest BCUT2D eigenvalue weighted by atomic mass is 35.5. The molecule has 0 bridgehead atoms. The van der Waals surface area contributed by atoms with Gasteiger partial charge in [0, 0.05) is 81.1 Å². The number of piperazine rings is 1. The number of halogens is 1. The van der Waals surface area contributed by atoms with Crippen LogP contribution in [-0.2, 0) is 0 Å². The zero-order valence-corrected chi connectivity index (χ0v) is 17.8. The summed E-state index contributed by atoms with van der Waals surface area (Å²) in [6, 6.07) is 8.55. The van der Waals surface area contributed by atoms with E-state index in [0.29, 0.717) is 17.0 Å². The summed E-state index contributed by atoms with van der Waals surface area (Å²) in [6.45, 7) is 8.95. The van der Waals surface area contributed by atoms with Gasteiger partial charge in [0.25, 0.3) is 0 Å². The molecule has 7 nitrogen and oxygen atoms in total. The van der Waals surface area contributed by atoms with Gasteiger partial charge in [-0.3, -0.25) is 9.80 Å². The van der Waals surface area contributed by atoms with E-state index in [1.807, 2.05) is 18.3 Å². The van der Waals surface area contributed by atoms with E-state index in [-0.39, 0.29) is 0 Å². The summed E-state index contributed by atoms with van der Waals surface area (Å²) < 4.78 is 0. The first-order valence-corrected chi connectivity index (χ1v) is 11.1. The van der Waals surface area contributed by atoms with E-state index in [9.17, 15) is 0 Å². The molecule has 30 heavy (non-hydrogen) atoms. The smallest absolute Gasteiger partial charge is 0.223 e. The van der Waals surface area contributed by atoms with E-state index in [1.54, 1.807) is 6.20 Å². The van der Waals surface area contributed by atoms with Crippen molar-refractivity contribution in [2.45, 2.75) is 12.5 Å². The largest absolute Gasteiger partial charge is 0.360 e. The lowest BCUT2D eigenvalue weighted by molar-refractivity contribution is 0.204. The Morgan fingerprint density at radius 2 is 1.93 bits per heavy atom. The zero-order chi connectivity index (χ0) is 20.3. The van der Waals surface area contributed by atoms with Gasteiger partial charge in [0.05, 0.1) is 16.9 Å². The number of H-pyrrole nitrogens is 1. The van der Waals surface area contributed by atoms with Gasteiger partial charge in [0.15, 0.2) is 0 Å². The van der Waals surface area contributed by atoms with Crippen molar-refractivity contribution in [2.75, 3.05) is 57.7 Å². The molecule has 0 radical (unpaired) electrons. The minimum Gasteiger partial charge on any atom is -0.360 e. The van der Waals surface area contributed by atoms with Crippen molar-refractivity contribution in [1.82, 2.24) is 30.1 Å². The second-order valence-corrected chi connectivity index (χ2v) is 8.57. The number of aromatic nitrogens is 3. The van der Waals surface area contributed by atoms with Crippen LogP contribution in [0.4, 0.5) is 5.95 Å². The van der Waals surface area contributed by atoms with Crippen LogP contribution >= 0.6 is 11.6 Å². The van der Waals surface area contributed by atoms with Crippen LogP contribution in [0, 0.1) is 0 Å². The predicted molar refractivity (Wildman–Crippen MR) is 122 cm³/mol. The average Bonchev–Trinajstić information content (AvgIpc) is 3.41. The minimum atomic E-state index is 0.366. The molecule has 0 amide bonds. The monoisotopic (exact) mass is 425 g/mol. The van der Waals surface area contributed by atoms with Crippen LogP contribution in [0.15, 0.2) is 36.7 Å². The molecule has 0 spiro atoms. The van der Waals surface area contributed by atoms with Gasteiger partial charge < -0.3 is 15.6 Å². The highest BCUT2D eigenvalue weighted by Gasteiger charge is 2.24. The van der Waals surface area contributed by atoms with Crippen molar-refractivity contribution >= 4 is 28.5 Å². The van der Waals surface area contributed by atoms with Crippen molar-refractivity contribution in [1.29, 1.82) is 0 Å². The summed E-state index contributed by atoms with van der Waals surface area (Å²) >= 11 is 6.46. The maximum absolute atomic E-state index is 6.46. The van der Waals surface area contributed by atoms with Gasteiger partial charge in [-0.05, 0) is 12.5 Å². The summed E-state index contributed by atoms with van der Waals surface area (Å²) in [7, 11) is 0. The molecule has 3 N–H and O–H groups in total. The van der Waals surface area contributed by atoms with Gasteiger partial charge >= 0.3 is 0 Å². The molecule has 2 aliphatic rings. The Labute approximate surface area is 181 Å². The van der Waals surface area contributed by atoms with E-state index in [0.717, 1.165) is 80.9 Å². The number of rotatable bonds is 6. The van der Waals surface area contributed by atoms with Gasteiger partial charge in [-0.15, -0.1) is 0 Å². The number of nitrogens with zero attached hydrogens (tertiary/aromatic N) is 4. The number of fused-ring (bicyclic) bond motifs is 1. The van der Waals surface area contributed by atoms with Crippen molar-refractivity contribution < 1.29 is 0 Å². The molecule has 0 saturated carbocycles. The molecule has 5 rings (SSSR count). The molecule has 1 atom stereocenters. The Balaban J connectivity index is 1.23. The fourth-order valence-electron chi connectivity index (χ4n) is 4.45. The Morgan fingerprint density at radius 3 is 2.83 bits per heavy atom. The lowest BCUT2D eigenvalue weighted by Crippen LogP contribution is -2.46. The summed E-state index contributed by atoms with van der Waals surface area (Å²) in [5.74, 6) is 0.647. The molecule has 2 aliphatic heterocycles. The lowest BCUT2D eigenvalue weighted by atomic mass is 10.1. The normalized spacial score (nSPS) is 20.8. The van der Waals surface area contributed by atoms with Gasteiger partial charge in [-0.1, -0.05) is 29.8 Å². The molecule has 2 saturated heterocycles. The molecule has 2 fully saturated rings. The van der Waals surface area contributed by atoms with E-state index >= 15 is 0 Å². The maximum atomic E-state index is 6.46. The fourth-order valence-corrected chi connectivity index (χ4v) is 4.64. The zero-order valence-electron chi connectivity index (χ0n) is 17.1. The molecule has 4 heterocycles. The number of hydrogen-bond acceptors (Lipinski definition) is 6. The Morgan fingerprint density at radius 1 is 1.10 bits per heavy atom. The Kier molecular flexibility index (Phi) is 5.86. The summed E-state index contributed by atoms with van der Waals surface area (Å²) in [6.07, 6.45) is 4.77. The summed E-state index contributed by atoms with van der Waals surface area (Å²) in [5, 5.41) is 8.62. The first-order valence-electron chi connectivity index (χ1n) is 10.8. The van der Waals surface area contributed by atoms with Gasteiger partial charge in [0.1, 0.15) is 0 Å². The van der Waals surface area contributed by atoms with Crippen molar-refractivity contribution in [3.8, 4) is 11.3 Å². The van der Waals surface area contributed by atoms with E-state index in [4.69, 9.17) is 16.6 Å². The Hall–Kier alpha value is -2.19. The van der Waals surface area contributed by atoms with Crippen molar-refractivity contribution in [3.63, 3.8) is 0 Å². The van der Waals surface area contributed by atoms with E-state index < -0.39 is 0 Å². The van der Waals surface area contributed by atoms with Gasteiger partial charge in [-0.25, -0.2) is 9.97 Å². The van der Waals surface area contributed by atoms with E-state index in [1.165, 1.54) is 0 Å². The third-order valence-corrected chi connectivity index (χ3v) is 6.41. The topological polar surface area (TPSA) is 72.1 Å². The number of para-hydroxylation sites is 1. The molecule has 0 aliphatic carbocycles. The number of benzene rings is 1. The number of anilines is 1. The van der Waals surface area contributed by atoms with Crippen LogP contribution in [0.25, 0.3) is 22.2 Å². The maximum Gasteiger partial charge on any atom is 0.223 e. The van der Waals surface area contributed by atoms with Gasteiger partial charge in [0.2, 0.25) is 5.95 Å². The van der Waals surface area contributed by atoms with Crippen molar-refractivity contribution in [2.24, 2.45) is 0 Å². The van der Waals surface area contributed by atoms with Crippen LogP contribution in [0.2, 0.25) is 5.02 Å². The third kappa shape index (κ3) is 4.30. The molecular formula is C22H28ClN7. The molecule has 1 aromatic carbocycles. The highest BCUT2D eigenvalue weighted by molar-refractivity contribution is 6.33. The quantitative estimate of drug-likeness (QED) is 0.564. The first-order chi connectivity index (χ1) is 14.8. The minimum absolute atomic E-state index is 0.366. The van der Waals surface area contributed by atoms with Crippen LogP contribution in [-0.4, -0.2) is 83.2 Å². The second kappa shape index (κ2) is 8.89. The highest BCUT2D eigenvalue weighted by Crippen LogP contribution is 2.32. The summed E-state index contributed by atoms with van der Waals surface area (Å²) in [4.78, 5) is 17.6. The van der Waals surface area contributed by atoms with Crippen LogP contribution in [0.5, 0.6) is 0 Å². The standard InChI is InChI=1S/C22H28ClN7/c23-19-14-26-22(28-21(19)18-13-25-20-4-2-1-3-17(18)20)27-16-5-8-30(15-16)12-11-29-9-6-24-7-10-29/h1-4,13-14,16,24-25H,5-12,15H2,(H,26,27,28)/t16-/m1/s1. The molecule has 3 aromatic rings.